The van der Waals surface area contributed by atoms with E-state index in [2.05, 4.69) is 15.3 Å². The molecule has 0 bridgehead atoms. The summed E-state index contributed by atoms with van der Waals surface area (Å²) < 4.78 is 0. The Hall–Kier alpha value is -2.41. The minimum atomic E-state index is 0.395. The summed E-state index contributed by atoms with van der Waals surface area (Å²) in [5.41, 5.74) is 3.26. The minimum Gasteiger partial charge on any atom is -0.354 e. The quantitative estimate of drug-likeness (QED) is 0.826. The van der Waals surface area contributed by atoms with Crippen molar-refractivity contribution in [1.29, 1.82) is 5.26 Å². The fourth-order valence-electron chi connectivity index (χ4n) is 1.32. The minimum absolute atomic E-state index is 0.395. The molecule has 2 aromatic rings. The highest BCUT2D eigenvalue weighted by molar-refractivity contribution is 5.62. The molecule has 0 aliphatic carbocycles. The van der Waals surface area contributed by atoms with Crippen molar-refractivity contribution in [3.8, 4) is 6.07 Å². The summed E-state index contributed by atoms with van der Waals surface area (Å²) in [7, 11) is 0. The van der Waals surface area contributed by atoms with Gasteiger partial charge in [0.1, 0.15) is 11.8 Å². The monoisotopic (exact) mass is 210 g/mol. The van der Waals surface area contributed by atoms with E-state index in [-0.39, 0.29) is 0 Å². The first kappa shape index (κ1) is 10.1. The van der Waals surface area contributed by atoms with E-state index in [1.165, 1.54) is 0 Å². The fraction of sp³-hybridized carbons (Fsp3) is 0.0833. The number of pyridine rings is 2. The summed E-state index contributed by atoms with van der Waals surface area (Å²) in [4.78, 5) is 7.95. The van der Waals surface area contributed by atoms with E-state index in [1.54, 1.807) is 24.7 Å². The highest BCUT2D eigenvalue weighted by Gasteiger charge is 1.99. The topological polar surface area (TPSA) is 61.6 Å². The van der Waals surface area contributed by atoms with Gasteiger partial charge in [0.2, 0.25) is 0 Å². The normalized spacial score (nSPS) is 9.50. The molecule has 2 rings (SSSR count). The third kappa shape index (κ3) is 2.15. The Morgan fingerprint density at radius 2 is 2.19 bits per heavy atom. The summed E-state index contributed by atoms with van der Waals surface area (Å²) in [6.07, 6.45) is 5.10. The molecule has 2 heterocycles. The molecule has 0 atom stereocenters. The summed E-state index contributed by atoms with van der Waals surface area (Å²) in [5.74, 6) is 0. The Bertz CT molecular complexity index is 543. The van der Waals surface area contributed by atoms with Gasteiger partial charge in [-0.1, -0.05) is 0 Å². The van der Waals surface area contributed by atoms with E-state index in [9.17, 15) is 0 Å². The lowest BCUT2D eigenvalue weighted by Crippen LogP contribution is -1.94. The van der Waals surface area contributed by atoms with Gasteiger partial charge in [-0.15, -0.1) is 0 Å². The van der Waals surface area contributed by atoms with Crippen molar-refractivity contribution in [2.24, 2.45) is 0 Å². The lowest BCUT2D eigenvalue weighted by Gasteiger charge is -2.08. The predicted molar refractivity (Wildman–Crippen MR) is 61.2 cm³/mol. The van der Waals surface area contributed by atoms with Crippen LogP contribution in [0, 0.1) is 18.3 Å². The van der Waals surface area contributed by atoms with Gasteiger partial charge in [0.05, 0.1) is 11.9 Å². The van der Waals surface area contributed by atoms with Gasteiger partial charge in [-0.3, -0.25) is 4.98 Å². The molecule has 78 valence electrons. The van der Waals surface area contributed by atoms with Crippen molar-refractivity contribution in [1.82, 2.24) is 9.97 Å². The molecule has 0 aliphatic rings. The van der Waals surface area contributed by atoms with E-state index < -0.39 is 0 Å². The zero-order valence-corrected chi connectivity index (χ0v) is 8.81. The molecule has 16 heavy (non-hydrogen) atoms. The SMILES string of the molecule is Cc1ccncc1Nc1ccnc(C#N)c1. The molecule has 2 aromatic heterocycles. The predicted octanol–water partition coefficient (Wildman–Crippen LogP) is 2.40. The van der Waals surface area contributed by atoms with Crippen LogP contribution in [0.25, 0.3) is 0 Å². The first-order valence-corrected chi connectivity index (χ1v) is 4.83. The number of rotatable bonds is 2. The van der Waals surface area contributed by atoms with Crippen LogP contribution in [0.4, 0.5) is 11.4 Å². The maximum absolute atomic E-state index is 8.73. The molecule has 4 nitrogen and oxygen atoms in total. The number of nitrogens with one attached hydrogen (secondary N) is 1. The molecule has 0 saturated carbocycles. The third-order valence-electron chi connectivity index (χ3n) is 2.19. The maximum atomic E-state index is 8.73. The molecular formula is C12H10N4. The van der Waals surface area contributed by atoms with Crippen molar-refractivity contribution in [3.63, 3.8) is 0 Å². The largest absolute Gasteiger partial charge is 0.354 e. The molecule has 0 spiro atoms. The first-order valence-electron chi connectivity index (χ1n) is 4.83. The van der Waals surface area contributed by atoms with Gasteiger partial charge in [-0.05, 0) is 30.7 Å². The van der Waals surface area contributed by atoms with Crippen LogP contribution >= 0.6 is 0 Å². The van der Waals surface area contributed by atoms with Crippen molar-refractivity contribution in [2.45, 2.75) is 6.92 Å². The number of anilines is 2. The van der Waals surface area contributed by atoms with Gasteiger partial charge >= 0.3 is 0 Å². The van der Waals surface area contributed by atoms with Gasteiger partial charge in [-0.2, -0.15) is 5.26 Å². The molecule has 0 aromatic carbocycles. The molecule has 4 heteroatoms. The highest BCUT2D eigenvalue weighted by atomic mass is 14.9. The van der Waals surface area contributed by atoms with E-state index in [1.807, 2.05) is 25.1 Å². The van der Waals surface area contributed by atoms with Crippen LogP contribution in [-0.2, 0) is 0 Å². The lowest BCUT2D eigenvalue weighted by molar-refractivity contribution is 1.25. The van der Waals surface area contributed by atoms with Gasteiger partial charge < -0.3 is 5.32 Å². The Balaban J connectivity index is 2.28. The smallest absolute Gasteiger partial charge is 0.142 e. The average Bonchev–Trinajstić information content (AvgIpc) is 2.32. The molecule has 0 radical (unpaired) electrons. The summed E-state index contributed by atoms with van der Waals surface area (Å²) in [6.45, 7) is 2.00. The van der Waals surface area contributed by atoms with E-state index in [0.29, 0.717) is 5.69 Å². The Kier molecular flexibility index (Phi) is 2.79. The maximum Gasteiger partial charge on any atom is 0.142 e. The average molecular weight is 210 g/mol. The first-order chi connectivity index (χ1) is 7.79. The zero-order valence-electron chi connectivity index (χ0n) is 8.81. The molecule has 0 aliphatic heterocycles. The number of nitrogens with zero attached hydrogens (tertiary/aromatic N) is 3. The number of nitriles is 1. The molecule has 0 saturated heterocycles. The van der Waals surface area contributed by atoms with Gasteiger partial charge in [0.15, 0.2) is 0 Å². The van der Waals surface area contributed by atoms with E-state index in [4.69, 9.17) is 5.26 Å². The van der Waals surface area contributed by atoms with Crippen molar-refractivity contribution >= 4 is 11.4 Å². The second-order valence-electron chi connectivity index (χ2n) is 3.36. The lowest BCUT2D eigenvalue weighted by atomic mass is 10.2. The number of aromatic nitrogens is 2. The molecule has 0 unspecified atom stereocenters. The van der Waals surface area contributed by atoms with Crippen molar-refractivity contribution < 1.29 is 0 Å². The van der Waals surface area contributed by atoms with Crippen LogP contribution in [0.15, 0.2) is 36.8 Å². The summed E-state index contributed by atoms with van der Waals surface area (Å²) >= 11 is 0. The van der Waals surface area contributed by atoms with Crippen LogP contribution < -0.4 is 5.32 Å². The molecule has 0 amide bonds. The van der Waals surface area contributed by atoms with Crippen LogP contribution in [-0.4, -0.2) is 9.97 Å². The summed E-state index contributed by atoms with van der Waals surface area (Å²) in [5, 5.41) is 11.9. The standard InChI is InChI=1S/C12H10N4/c1-9-2-4-14-8-12(9)16-10-3-5-15-11(6-10)7-13/h2-6,8H,1H3,(H,15,16). The number of aryl methyl sites for hydroxylation is 1. The molecular weight excluding hydrogens is 200 g/mol. The van der Waals surface area contributed by atoms with Gasteiger partial charge in [0, 0.05) is 18.1 Å². The Labute approximate surface area is 93.6 Å². The van der Waals surface area contributed by atoms with Crippen LogP contribution in [0.5, 0.6) is 0 Å². The Morgan fingerprint density at radius 3 is 2.94 bits per heavy atom. The second-order valence-corrected chi connectivity index (χ2v) is 3.36. The zero-order chi connectivity index (χ0) is 11.4. The van der Waals surface area contributed by atoms with Crippen LogP contribution in [0.2, 0.25) is 0 Å². The molecule has 1 N–H and O–H groups in total. The fourth-order valence-corrected chi connectivity index (χ4v) is 1.32. The van der Waals surface area contributed by atoms with Crippen molar-refractivity contribution in [2.75, 3.05) is 5.32 Å². The second kappa shape index (κ2) is 4.41. The molecule has 0 fully saturated rings. The van der Waals surface area contributed by atoms with Crippen LogP contribution in [0.1, 0.15) is 11.3 Å². The number of hydrogen-bond donors (Lipinski definition) is 1. The number of hydrogen-bond acceptors (Lipinski definition) is 4. The van der Waals surface area contributed by atoms with Gasteiger partial charge in [-0.25, -0.2) is 4.98 Å². The van der Waals surface area contributed by atoms with Crippen LogP contribution in [0.3, 0.4) is 0 Å². The summed E-state index contributed by atoms with van der Waals surface area (Å²) in [6, 6.07) is 7.44. The third-order valence-corrected chi connectivity index (χ3v) is 2.19. The van der Waals surface area contributed by atoms with Crippen molar-refractivity contribution in [3.05, 3.63) is 48.0 Å². The Morgan fingerprint density at radius 1 is 1.31 bits per heavy atom. The highest BCUT2D eigenvalue weighted by Crippen LogP contribution is 2.18. The van der Waals surface area contributed by atoms with E-state index >= 15 is 0 Å². The van der Waals surface area contributed by atoms with E-state index in [0.717, 1.165) is 16.9 Å². The van der Waals surface area contributed by atoms with Gasteiger partial charge in [0.25, 0.3) is 0 Å².